The van der Waals surface area contributed by atoms with Crippen molar-refractivity contribution in [1.29, 1.82) is 0 Å². The zero-order valence-corrected chi connectivity index (χ0v) is 9.19. The second-order valence-corrected chi connectivity index (χ2v) is 5.16. The summed E-state index contributed by atoms with van der Waals surface area (Å²) in [6, 6.07) is 0. The number of hydrogen-bond acceptors (Lipinski definition) is 2. The molecular formula is C10H18O2S. The second-order valence-electron chi connectivity index (χ2n) is 4.18. The molecule has 1 saturated carbocycles. The molecule has 0 heterocycles. The molecule has 0 aromatic rings. The Morgan fingerprint density at radius 2 is 2.38 bits per heavy atom. The lowest BCUT2D eigenvalue weighted by Crippen LogP contribution is -2.28. The Kier molecular flexibility index (Phi) is 3.65. The zero-order chi connectivity index (χ0) is 9.90. The van der Waals surface area contributed by atoms with Crippen molar-refractivity contribution in [3.05, 3.63) is 0 Å². The Balaban J connectivity index is 2.60. The molecule has 0 radical (unpaired) electrons. The van der Waals surface area contributed by atoms with Crippen molar-refractivity contribution in [3.63, 3.8) is 0 Å². The van der Waals surface area contributed by atoms with E-state index in [2.05, 4.69) is 6.92 Å². The van der Waals surface area contributed by atoms with Gasteiger partial charge in [0.25, 0.3) is 0 Å². The fraction of sp³-hybridized carbons (Fsp3) is 0.900. The summed E-state index contributed by atoms with van der Waals surface area (Å²) in [7, 11) is 0. The standard InChI is InChI=1S/C10H18O2S/c1-8-3-4-10(7-8,9(11)12)5-6-13-2/h8H,3-7H2,1-2H3,(H,11,12). The first-order chi connectivity index (χ1) is 6.10. The predicted octanol–water partition coefficient (Wildman–Crippen LogP) is 2.63. The van der Waals surface area contributed by atoms with E-state index in [1.54, 1.807) is 11.8 Å². The van der Waals surface area contributed by atoms with Gasteiger partial charge in [-0.05, 0) is 43.6 Å². The fourth-order valence-corrected chi connectivity index (χ4v) is 2.81. The minimum Gasteiger partial charge on any atom is -0.481 e. The van der Waals surface area contributed by atoms with E-state index in [4.69, 9.17) is 0 Å². The molecule has 76 valence electrons. The zero-order valence-electron chi connectivity index (χ0n) is 8.38. The lowest BCUT2D eigenvalue weighted by molar-refractivity contribution is -0.148. The third-order valence-electron chi connectivity index (χ3n) is 3.09. The first-order valence-electron chi connectivity index (χ1n) is 4.83. The van der Waals surface area contributed by atoms with Gasteiger partial charge >= 0.3 is 5.97 Å². The highest BCUT2D eigenvalue weighted by Gasteiger charge is 2.43. The van der Waals surface area contributed by atoms with Crippen molar-refractivity contribution < 1.29 is 9.90 Å². The lowest BCUT2D eigenvalue weighted by Gasteiger charge is -2.23. The monoisotopic (exact) mass is 202 g/mol. The number of hydrogen-bond donors (Lipinski definition) is 1. The summed E-state index contributed by atoms with van der Waals surface area (Å²) in [6.07, 6.45) is 5.72. The van der Waals surface area contributed by atoms with Crippen molar-refractivity contribution in [2.75, 3.05) is 12.0 Å². The molecule has 0 spiro atoms. The summed E-state index contributed by atoms with van der Waals surface area (Å²) in [5.41, 5.74) is -0.386. The van der Waals surface area contributed by atoms with Crippen LogP contribution in [0.15, 0.2) is 0 Å². The number of carboxylic acids is 1. The van der Waals surface area contributed by atoms with Gasteiger partial charge in [-0.1, -0.05) is 6.92 Å². The predicted molar refractivity (Wildman–Crippen MR) is 56.1 cm³/mol. The first kappa shape index (κ1) is 10.9. The van der Waals surface area contributed by atoms with Crippen LogP contribution >= 0.6 is 11.8 Å². The van der Waals surface area contributed by atoms with Crippen molar-refractivity contribution in [1.82, 2.24) is 0 Å². The SMILES string of the molecule is CSCCC1(C(=O)O)CCC(C)C1. The Morgan fingerprint density at radius 3 is 2.77 bits per heavy atom. The maximum atomic E-state index is 11.2. The first-order valence-corrected chi connectivity index (χ1v) is 6.22. The minimum absolute atomic E-state index is 0.386. The molecule has 0 aromatic carbocycles. The van der Waals surface area contributed by atoms with Crippen molar-refractivity contribution in [3.8, 4) is 0 Å². The molecule has 1 fully saturated rings. The van der Waals surface area contributed by atoms with Gasteiger partial charge in [-0.3, -0.25) is 4.79 Å². The normalized spacial score (nSPS) is 33.5. The fourth-order valence-electron chi connectivity index (χ4n) is 2.22. The molecule has 0 aromatic heterocycles. The summed E-state index contributed by atoms with van der Waals surface area (Å²) in [4.78, 5) is 11.2. The Morgan fingerprint density at radius 1 is 1.69 bits per heavy atom. The van der Waals surface area contributed by atoms with Crippen LogP contribution in [0, 0.1) is 11.3 Å². The van der Waals surface area contributed by atoms with Gasteiger partial charge < -0.3 is 5.11 Å². The molecule has 0 amide bonds. The van der Waals surface area contributed by atoms with Crippen LogP contribution in [-0.4, -0.2) is 23.1 Å². The van der Waals surface area contributed by atoms with E-state index in [1.165, 1.54) is 0 Å². The van der Waals surface area contributed by atoms with Gasteiger partial charge in [0, 0.05) is 0 Å². The van der Waals surface area contributed by atoms with Crippen LogP contribution in [0.4, 0.5) is 0 Å². The number of aliphatic carboxylic acids is 1. The van der Waals surface area contributed by atoms with Gasteiger partial charge in [-0.25, -0.2) is 0 Å². The van der Waals surface area contributed by atoms with Gasteiger partial charge in [0.05, 0.1) is 5.41 Å². The molecule has 1 aliphatic carbocycles. The van der Waals surface area contributed by atoms with E-state index in [-0.39, 0.29) is 5.41 Å². The molecule has 1 N–H and O–H groups in total. The van der Waals surface area contributed by atoms with Crippen molar-refractivity contribution in [2.45, 2.75) is 32.6 Å². The van der Waals surface area contributed by atoms with E-state index in [1.807, 2.05) is 6.26 Å². The van der Waals surface area contributed by atoms with E-state index >= 15 is 0 Å². The van der Waals surface area contributed by atoms with Gasteiger partial charge in [0.1, 0.15) is 0 Å². The quantitative estimate of drug-likeness (QED) is 0.761. The molecule has 2 nitrogen and oxygen atoms in total. The van der Waals surface area contributed by atoms with Crippen LogP contribution < -0.4 is 0 Å². The molecular weight excluding hydrogens is 184 g/mol. The molecule has 0 aliphatic heterocycles. The number of rotatable bonds is 4. The highest BCUT2D eigenvalue weighted by Crippen LogP contribution is 2.44. The Bertz CT molecular complexity index is 193. The molecule has 0 bridgehead atoms. The molecule has 1 rings (SSSR count). The maximum Gasteiger partial charge on any atom is 0.309 e. The van der Waals surface area contributed by atoms with Gasteiger partial charge in [-0.15, -0.1) is 0 Å². The second kappa shape index (κ2) is 4.36. The Hall–Kier alpha value is -0.180. The largest absolute Gasteiger partial charge is 0.481 e. The summed E-state index contributed by atoms with van der Waals surface area (Å²) in [6.45, 7) is 2.16. The third-order valence-corrected chi connectivity index (χ3v) is 3.71. The van der Waals surface area contributed by atoms with E-state index in [0.717, 1.165) is 31.4 Å². The highest BCUT2D eigenvalue weighted by atomic mass is 32.2. The van der Waals surface area contributed by atoms with Crippen LogP contribution in [0.1, 0.15) is 32.6 Å². The van der Waals surface area contributed by atoms with Gasteiger partial charge in [0.2, 0.25) is 0 Å². The summed E-state index contributed by atoms with van der Waals surface area (Å²) in [5.74, 6) is 0.989. The molecule has 2 unspecified atom stereocenters. The number of thioether (sulfide) groups is 1. The third kappa shape index (κ3) is 2.39. The highest BCUT2D eigenvalue weighted by molar-refractivity contribution is 7.98. The smallest absolute Gasteiger partial charge is 0.309 e. The minimum atomic E-state index is -0.578. The van der Waals surface area contributed by atoms with Gasteiger partial charge in [-0.2, -0.15) is 11.8 Å². The molecule has 2 atom stereocenters. The molecule has 0 saturated heterocycles. The van der Waals surface area contributed by atoms with Crippen molar-refractivity contribution in [2.24, 2.45) is 11.3 Å². The number of carbonyl (C=O) groups is 1. The number of carboxylic acid groups (broad SMARTS) is 1. The summed E-state index contributed by atoms with van der Waals surface area (Å²) >= 11 is 1.74. The van der Waals surface area contributed by atoms with Crippen LogP contribution in [-0.2, 0) is 4.79 Å². The van der Waals surface area contributed by atoms with Crippen LogP contribution in [0.2, 0.25) is 0 Å². The topological polar surface area (TPSA) is 37.3 Å². The maximum absolute atomic E-state index is 11.2. The van der Waals surface area contributed by atoms with Crippen LogP contribution in [0.3, 0.4) is 0 Å². The van der Waals surface area contributed by atoms with E-state index in [9.17, 15) is 9.90 Å². The summed E-state index contributed by atoms with van der Waals surface area (Å²) < 4.78 is 0. The average molecular weight is 202 g/mol. The molecule has 13 heavy (non-hydrogen) atoms. The Labute approximate surface area is 84.1 Å². The van der Waals surface area contributed by atoms with E-state index < -0.39 is 5.97 Å². The lowest BCUT2D eigenvalue weighted by atomic mass is 9.83. The van der Waals surface area contributed by atoms with Gasteiger partial charge in [0.15, 0.2) is 0 Å². The van der Waals surface area contributed by atoms with Crippen LogP contribution in [0.25, 0.3) is 0 Å². The summed E-state index contributed by atoms with van der Waals surface area (Å²) in [5, 5.41) is 9.20. The van der Waals surface area contributed by atoms with E-state index in [0.29, 0.717) is 5.92 Å². The molecule has 3 heteroatoms. The van der Waals surface area contributed by atoms with Crippen molar-refractivity contribution >= 4 is 17.7 Å². The average Bonchev–Trinajstić information content (AvgIpc) is 2.45. The van der Waals surface area contributed by atoms with Crippen LogP contribution in [0.5, 0.6) is 0 Å². The molecule has 1 aliphatic rings.